The molecular formula is C16H24N4O3S2. The van der Waals surface area contributed by atoms with Gasteiger partial charge in [0.15, 0.2) is 5.11 Å². The predicted molar refractivity (Wildman–Crippen MR) is 105 cm³/mol. The van der Waals surface area contributed by atoms with Crippen molar-refractivity contribution < 1.29 is 14.3 Å². The summed E-state index contributed by atoms with van der Waals surface area (Å²) in [6.45, 7) is 2.54. The molecule has 0 fully saturated rings. The molecule has 0 saturated carbocycles. The first kappa shape index (κ1) is 21.0. The standard InChI is InChI=1S/C16H24N4O3S2/c1-4-17-16(24)20-19-15(22)13(9-10-25-3)18-14(21)11-5-7-12(23-2)8-6-11/h5-8,13H,4,9-10H2,1-3H3,(H,18,21)(H,19,22)(H2,17,20,24)/t13-/m0/s1. The van der Waals surface area contributed by atoms with Crippen LogP contribution in [0, 0.1) is 0 Å². The molecule has 0 aromatic heterocycles. The number of hydrogen-bond acceptors (Lipinski definition) is 5. The van der Waals surface area contributed by atoms with E-state index in [1.807, 2.05) is 13.2 Å². The lowest BCUT2D eigenvalue weighted by atomic mass is 10.1. The SMILES string of the molecule is CCNC(=S)NNC(=O)[C@H](CCSC)NC(=O)c1ccc(OC)cc1. The second kappa shape index (κ2) is 11.5. The van der Waals surface area contributed by atoms with E-state index < -0.39 is 6.04 Å². The van der Waals surface area contributed by atoms with Crippen LogP contribution in [-0.4, -0.2) is 48.6 Å². The summed E-state index contributed by atoms with van der Waals surface area (Å²) in [4.78, 5) is 24.7. The van der Waals surface area contributed by atoms with Crippen molar-refractivity contribution in [2.75, 3.05) is 25.7 Å². The second-order valence-corrected chi connectivity index (χ2v) is 6.40. The van der Waals surface area contributed by atoms with Gasteiger partial charge in [-0.25, -0.2) is 0 Å². The molecule has 0 aliphatic heterocycles. The highest BCUT2D eigenvalue weighted by molar-refractivity contribution is 7.98. The topological polar surface area (TPSA) is 91.5 Å². The maximum absolute atomic E-state index is 12.4. The number of amides is 2. The molecule has 0 aliphatic rings. The molecule has 4 N–H and O–H groups in total. The van der Waals surface area contributed by atoms with Gasteiger partial charge < -0.3 is 15.4 Å². The van der Waals surface area contributed by atoms with Crippen molar-refractivity contribution in [2.45, 2.75) is 19.4 Å². The summed E-state index contributed by atoms with van der Waals surface area (Å²) in [6, 6.07) is 6.02. The highest BCUT2D eigenvalue weighted by atomic mass is 32.2. The number of thiocarbonyl (C=S) groups is 1. The molecule has 0 radical (unpaired) electrons. The molecular weight excluding hydrogens is 360 g/mol. The lowest BCUT2D eigenvalue weighted by Gasteiger charge is -2.19. The van der Waals surface area contributed by atoms with Crippen molar-refractivity contribution in [3.63, 3.8) is 0 Å². The minimum atomic E-state index is -0.668. The highest BCUT2D eigenvalue weighted by Crippen LogP contribution is 2.11. The molecule has 138 valence electrons. The minimum absolute atomic E-state index is 0.320. The van der Waals surface area contributed by atoms with Crippen molar-refractivity contribution in [1.82, 2.24) is 21.5 Å². The Kier molecular flexibility index (Phi) is 9.71. The molecule has 0 unspecified atom stereocenters. The molecule has 2 amide bonds. The molecule has 0 heterocycles. The molecule has 1 atom stereocenters. The maximum Gasteiger partial charge on any atom is 0.260 e. The quantitative estimate of drug-likeness (QED) is 0.393. The van der Waals surface area contributed by atoms with Crippen LogP contribution in [0.4, 0.5) is 0 Å². The average Bonchev–Trinajstić information content (AvgIpc) is 2.63. The van der Waals surface area contributed by atoms with Gasteiger partial charge in [0.25, 0.3) is 11.8 Å². The van der Waals surface area contributed by atoms with Gasteiger partial charge in [0.05, 0.1) is 7.11 Å². The van der Waals surface area contributed by atoms with Gasteiger partial charge in [-0.05, 0) is 61.8 Å². The van der Waals surface area contributed by atoms with Gasteiger partial charge in [0, 0.05) is 12.1 Å². The molecule has 1 rings (SSSR count). The number of benzene rings is 1. The van der Waals surface area contributed by atoms with Crippen molar-refractivity contribution in [2.24, 2.45) is 0 Å². The Morgan fingerprint density at radius 2 is 1.92 bits per heavy atom. The zero-order valence-electron chi connectivity index (χ0n) is 14.5. The lowest BCUT2D eigenvalue weighted by molar-refractivity contribution is -0.123. The molecule has 0 aliphatic carbocycles. The van der Waals surface area contributed by atoms with Gasteiger partial charge in [-0.3, -0.25) is 20.4 Å². The third-order valence-corrected chi connectivity index (χ3v) is 4.11. The number of thioether (sulfide) groups is 1. The first-order valence-corrected chi connectivity index (χ1v) is 9.59. The summed E-state index contributed by atoms with van der Waals surface area (Å²) in [7, 11) is 1.56. The largest absolute Gasteiger partial charge is 0.497 e. The van der Waals surface area contributed by atoms with Gasteiger partial charge in [-0.2, -0.15) is 11.8 Å². The van der Waals surface area contributed by atoms with Gasteiger partial charge in [0.2, 0.25) is 0 Å². The van der Waals surface area contributed by atoms with Gasteiger partial charge in [-0.15, -0.1) is 0 Å². The Labute approximate surface area is 157 Å². The fourth-order valence-electron chi connectivity index (χ4n) is 1.90. The summed E-state index contributed by atoms with van der Waals surface area (Å²) in [5.41, 5.74) is 5.59. The normalized spacial score (nSPS) is 11.2. The van der Waals surface area contributed by atoms with E-state index in [1.165, 1.54) is 0 Å². The Bertz CT molecular complexity index is 581. The van der Waals surface area contributed by atoms with Crippen molar-refractivity contribution >= 4 is 40.9 Å². The molecule has 7 nitrogen and oxygen atoms in total. The van der Waals surface area contributed by atoms with E-state index in [0.717, 1.165) is 5.75 Å². The number of ether oxygens (including phenoxy) is 1. The van der Waals surface area contributed by atoms with Gasteiger partial charge in [0.1, 0.15) is 11.8 Å². The van der Waals surface area contributed by atoms with Crippen LogP contribution in [0.5, 0.6) is 5.75 Å². The number of hydrogen-bond donors (Lipinski definition) is 4. The Hall–Kier alpha value is -2.00. The smallest absolute Gasteiger partial charge is 0.260 e. The summed E-state index contributed by atoms with van der Waals surface area (Å²) in [5, 5.41) is 5.94. The number of rotatable bonds is 8. The third kappa shape index (κ3) is 7.61. The number of nitrogens with one attached hydrogen (secondary N) is 4. The van der Waals surface area contributed by atoms with Crippen LogP contribution in [0.1, 0.15) is 23.7 Å². The van der Waals surface area contributed by atoms with Crippen LogP contribution < -0.4 is 26.2 Å². The van der Waals surface area contributed by atoms with Crippen molar-refractivity contribution in [1.29, 1.82) is 0 Å². The Balaban J connectivity index is 2.68. The average molecular weight is 385 g/mol. The van der Waals surface area contributed by atoms with E-state index in [9.17, 15) is 9.59 Å². The van der Waals surface area contributed by atoms with E-state index in [4.69, 9.17) is 17.0 Å². The minimum Gasteiger partial charge on any atom is -0.497 e. The van der Waals surface area contributed by atoms with Crippen LogP contribution in [0.3, 0.4) is 0 Å². The van der Waals surface area contributed by atoms with Crippen molar-refractivity contribution in [3.8, 4) is 5.75 Å². The van der Waals surface area contributed by atoms with Crippen molar-refractivity contribution in [3.05, 3.63) is 29.8 Å². The van der Waals surface area contributed by atoms with E-state index in [2.05, 4.69) is 21.5 Å². The van der Waals surface area contributed by atoms with Gasteiger partial charge >= 0.3 is 0 Å². The molecule has 1 aromatic carbocycles. The summed E-state index contributed by atoms with van der Waals surface area (Å²) in [6.07, 6.45) is 2.45. The van der Waals surface area contributed by atoms with Crippen LogP contribution in [0.25, 0.3) is 0 Å². The second-order valence-electron chi connectivity index (χ2n) is 5.01. The molecule has 9 heteroatoms. The van der Waals surface area contributed by atoms with E-state index >= 15 is 0 Å². The summed E-state index contributed by atoms with van der Waals surface area (Å²) in [5.74, 6) is 0.724. The zero-order valence-corrected chi connectivity index (χ0v) is 16.2. The Morgan fingerprint density at radius 3 is 2.48 bits per heavy atom. The first-order valence-electron chi connectivity index (χ1n) is 7.79. The fraction of sp³-hybridized carbons (Fsp3) is 0.438. The van der Waals surface area contributed by atoms with E-state index in [0.29, 0.717) is 29.4 Å². The van der Waals surface area contributed by atoms with Crippen LogP contribution in [0.2, 0.25) is 0 Å². The van der Waals surface area contributed by atoms with Gasteiger partial charge in [-0.1, -0.05) is 0 Å². The van der Waals surface area contributed by atoms with Crippen LogP contribution in [-0.2, 0) is 4.79 Å². The Morgan fingerprint density at radius 1 is 1.24 bits per heavy atom. The lowest BCUT2D eigenvalue weighted by Crippen LogP contribution is -2.54. The number of carbonyl (C=O) groups is 2. The molecule has 0 saturated heterocycles. The maximum atomic E-state index is 12.4. The fourth-order valence-corrected chi connectivity index (χ4v) is 2.57. The molecule has 0 spiro atoms. The molecule has 1 aromatic rings. The molecule has 25 heavy (non-hydrogen) atoms. The highest BCUT2D eigenvalue weighted by Gasteiger charge is 2.21. The number of methoxy groups -OCH3 is 1. The molecule has 0 bridgehead atoms. The van der Waals surface area contributed by atoms with Crippen LogP contribution in [0.15, 0.2) is 24.3 Å². The monoisotopic (exact) mass is 384 g/mol. The summed E-state index contributed by atoms with van der Waals surface area (Å²) >= 11 is 6.59. The zero-order chi connectivity index (χ0) is 18.7. The first-order chi connectivity index (χ1) is 12.0. The van der Waals surface area contributed by atoms with Crippen LogP contribution >= 0.6 is 24.0 Å². The number of carbonyl (C=O) groups excluding carboxylic acids is 2. The van der Waals surface area contributed by atoms with E-state index in [-0.39, 0.29) is 11.8 Å². The predicted octanol–water partition coefficient (Wildman–Crippen LogP) is 1.06. The number of hydrazine groups is 1. The third-order valence-electron chi connectivity index (χ3n) is 3.22. The van der Waals surface area contributed by atoms with E-state index in [1.54, 1.807) is 43.1 Å². The summed E-state index contributed by atoms with van der Waals surface area (Å²) < 4.78 is 5.07.